The summed E-state index contributed by atoms with van der Waals surface area (Å²) < 4.78 is 0. The molecule has 1 aliphatic carbocycles. The highest BCUT2D eigenvalue weighted by Crippen LogP contribution is 2.26. The molecule has 1 N–H and O–H groups in total. The van der Waals surface area contributed by atoms with Gasteiger partial charge in [0.2, 0.25) is 0 Å². The Labute approximate surface area is 86.9 Å². The topological polar surface area (TPSA) is 32.3 Å². The van der Waals surface area contributed by atoms with Crippen molar-refractivity contribution in [2.45, 2.75) is 39.0 Å². The van der Waals surface area contributed by atoms with Gasteiger partial charge in [-0.2, -0.15) is 0 Å². The second-order valence-electron chi connectivity index (χ2n) is 4.26. The van der Waals surface area contributed by atoms with Crippen LogP contribution < -0.4 is 5.32 Å². The zero-order valence-electron chi connectivity index (χ0n) is 9.38. The van der Waals surface area contributed by atoms with E-state index in [1.54, 1.807) is 0 Å². The molecule has 0 atom stereocenters. The summed E-state index contributed by atoms with van der Waals surface area (Å²) in [6, 6.07) is 0.0883. The molecule has 82 valence electrons. The Balaban J connectivity index is 2.08. The Bertz CT molecular complexity index is 178. The van der Waals surface area contributed by atoms with Crippen molar-refractivity contribution in [3.8, 4) is 0 Å². The first-order valence-electron chi connectivity index (χ1n) is 5.73. The van der Waals surface area contributed by atoms with Gasteiger partial charge in [0.25, 0.3) is 0 Å². The fraction of sp³-hybridized carbons (Fsp3) is 0.909. The number of hydrogen-bond acceptors (Lipinski definition) is 1. The van der Waals surface area contributed by atoms with E-state index in [0.29, 0.717) is 0 Å². The highest BCUT2D eigenvalue weighted by atomic mass is 16.2. The molecular formula is C11H22N2O. The van der Waals surface area contributed by atoms with Gasteiger partial charge in [-0.1, -0.05) is 19.8 Å². The molecule has 1 rings (SSSR count). The van der Waals surface area contributed by atoms with E-state index in [9.17, 15) is 4.79 Å². The van der Waals surface area contributed by atoms with Gasteiger partial charge in [0, 0.05) is 20.1 Å². The standard InChI is InChI=1S/C11H22N2O/c1-3-4-8-12-11(14)13(2)9-10-6-5-7-10/h10H,3-9H2,1-2H3,(H,12,14). The van der Waals surface area contributed by atoms with Gasteiger partial charge in [0.05, 0.1) is 0 Å². The van der Waals surface area contributed by atoms with Gasteiger partial charge in [0.1, 0.15) is 0 Å². The molecule has 0 aromatic carbocycles. The summed E-state index contributed by atoms with van der Waals surface area (Å²) in [5, 5.41) is 2.92. The summed E-state index contributed by atoms with van der Waals surface area (Å²) in [5.74, 6) is 0.761. The van der Waals surface area contributed by atoms with Crippen molar-refractivity contribution in [2.24, 2.45) is 5.92 Å². The van der Waals surface area contributed by atoms with E-state index in [1.807, 2.05) is 11.9 Å². The lowest BCUT2D eigenvalue weighted by Crippen LogP contribution is -2.41. The normalized spacial score (nSPS) is 16.1. The van der Waals surface area contributed by atoms with E-state index >= 15 is 0 Å². The van der Waals surface area contributed by atoms with Crippen molar-refractivity contribution < 1.29 is 4.79 Å². The largest absolute Gasteiger partial charge is 0.338 e. The van der Waals surface area contributed by atoms with Crippen molar-refractivity contribution in [1.82, 2.24) is 10.2 Å². The lowest BCUT2D eigenvalue weighted by Gasteiger charge is -2.30. The van der Waals surface area contributed by atoms with Crippen molar-refractivity contribution in [1.29, 1.82) is 0 Å². The molecule has 1 fully saturated rings. The second-order valence-corrected chi connectivity index (χ2v) is 4.26. The van der Waals surface area contributed by atoms with E-state index in [0.717, 1.165) is 31.8 Å². The van der Waals surface area contributed by atoms with Crippen LogP contribution in [0.2, 0.25) is 0 Å². The highest BCUT2D eigenvalue weighted by molar-refractivity contribution is 5.73. The van der Waals surface area contributed by atoms with Crippen LogP contribution in [0.5, 0.6) is 0 Å². The van der Waals surface area contributed by atoms with Gasteiger partial charge in [-0.25, -0.2) is 4.79 Å². The number of carbonyl (C=O) groups is 1. The Hall–Kier alpha value is -0.730. The number of nitrogens with one attached hydrogen (secondary N) is 1. The molecule has 0 saturated heterocycles. The number of urea groups is 1. The maximum absolute atomic E-state index is 11.5. The number of nitrogens with zero attached hydrogens (tertiary/aromatic N) is 1. The summed E-state index contributed by atoms with van der Waals surface area (Å²) >= 11 is 0. The molecule has 14 heavy (non-hydrogen) atoms. The Kier molecular flexibility index (Phi) is 4.77. The molecule has 0 spiro atoms. The summed E-state index contributed by atoms with van der Waals surface area (Å²) in [4.78, 5) is 13.3. The van der Waals surface area contributed by atoms with Crippen LogP contribution in [0.1, 0.15) is 39.0 Å². The average Bonchev–Trinajstić information content (AvgIpc) is 2.11. The Morgan fingerprint density at radius 1 is 1.50 bits per heavy atom. The lowest BCUT2D eigenvalue weighted by atomic mass is 9.85. The first kappa shape index (κ1) is 11.3. The molecule has 1 saturated carbocycles. The third-order valence-electron chi connectivity index (χ3n) is 2.91. The zero-order chi connectivity index (χ0) is 10.4. The van der Waals surface area contributed by atoms with Crippen molar-refractivity contribution in [2.75, 3.05) is 20.1 Å². The van der Waals surface area contributed by atoms with E-state index in [-0.39, 0.29) is 6.03 Å². The minimum atomic E-state index is 0.0883. The van der Waals surface area contributed by atoms with Gasteiger partial charge < -0.3 is 10.2 Å². The molecule has 0 heterocycles. The number of unbranched alkanes of at least 4 members (excludes halogenated alkanes) is 1. The van der Waals surface area contributed by atoms with Crippen LogP contribution >= 0.6 is 0 Å². The maximum Gasteiger partial charge on any atom is 0.317 e. The molecule has 1 aliphatic rings. The van der Waals surface area contributed by atoms with Crippen molar-refractivity contribution in [3.63, 3.8) is 0 Å². The second kappa shape index (κ2) is 5.89. The van der Waals surface area contributed by atoms with Crippen LogP contribution in [0.3, 0.4) is 0 Å². The van der Waals surface area contributed by atoms with Crippen LogP contribution in [-0.2, 0) is 0 Å². The fourth-order valence-corrected chi connectivity index (χ4v) is 1.65. The monoisotopic (exact) mass is 198 g/mol. The first-order chi connectivity index (χ1) is 6.74. The fourth-order valence-electron chi connectivity index (χ4n) is 1.65. The zero-order valence-corrected chi connectivity index (χ0v) is 9.38. The lowest BCUT2D eigenvalue weighted by molar-refractivity contribution is 0.182. The molecule has 3 heteroatoms. The van der Waals surface area contributed by atoms with Crippen LogP contribution in [0.4, 0.5) is 4.79 Å². The Morgan fingerprint density at radius 2 is 2.21 bits per heavy atom. The van der Waals surface area contributed by atoms with E-state index in [4.69, 9.17) is 0 Å². The highest BCUT2D eigenvalue weighted by Gasteiger charge is 2.20. The minimum Gasteiger partial charge on any atom is -0.338 e. The number of amides is 2. The average molecular weight is 198 g/mol. The molecule has 3 nitrogen and oxygen atoms in total. The van der Waals surface area contributed by atoms with Gasteiger partial charge in [-0.3, -0.25) is 0 Å². The summed E-state index contributed by atoms with van der Waals surface area (Å²) in [6.07, 6.45) is 6.14. The van der Waals surface area contributed by atoms with Crippen LogP contribution in [-0.4, -0.2) is 31.1 Å². The van der Waals surface area contributed by atoms with E-state index in [2.05, 4.69) is 12.2 Å². The van der Waals surface area contributed by atoms with Gasteiger partial charge in [-0.15, -0.1) is 0 Å². The summed E-state index contributed by atoms with van der Waals surface area (Å²) in [6.45, 7) is 3.87. The number of hydrogen-bond donors (Lipinski definition) is 1. The van der Waals surface area contributed by atoms with Gasteiger partial charge in [0.15, 0.2) is 0 Å². The first-order valence-corrected chi connectivity index (χ1v) is 5.73. The predicted molar refractivity (Wildman–Crippen MR) is 58.3 cm³/mol. The third kappa shape index (κ3) is 3.56. The third-order valence-corrected chi connectivity index (χ3v) is 2.91. The predicted octanol–water partition coefficient (Wildman–Crippen LogP) is 2.23. The summed E-state index contributed by atoms with van der Waals surface area (Å²) in [7, 11) is 1.89. The molecule has 0 aromatic heterocycles. The molecule has 2 amide bonds. The molecule has 0 radical (unpaired) electrons. The van der Waals surface area contributed by atoms with Gasteiger partial charge >= 0.3 is 6.03 Å². The maximum atomic E-state index is 11.5. The van der Waals surface area contributed by atoms with Crippen molar-refractivity contribution >= 4 is 6.03 Å². The molecular weight excluding hydrogens is 176 g/mol. The SMILES string of the molecule is CCCCNC(=O)N(C)CC1CCC1. The van der Waals surface area contributed by atoms with Crippen molar-refractivity contribution in [3.05, 3.63) is 0 Å². The van der Waals surface area contributed by atoms with Gasteiger partial charge in [-0.05, 0) is 25.2 Å². The number of carbonyl (C=O) groups excluding carboxylic acids is 1. The van der Waals surface area contributed by atoms with Crippen LogP contribution in [0.15, 0.2) is 0 Å². The molecule has 0 bridgehead atoms. The Morgan fingerprint density at radius 3 is 2.71 bits per heavy atom. The van der Waals surface area contributed by atoms with Crippen LogP contribution in [0.25, 0.3) is 0 Å². The van der Waals surface area contributed by atoms with E-state index in [1.165, 1.54) is 19.3 Å². The molecule has 0 unspecified atom stereocenters. The van der Waals surface area contributed by atoms with E-state index < -0.39 is 0 Å². The quantitative estimate of drug-likeness (QED) is 0.675. The number of rotatable bonds is 5. The smallest absolute Gasteiger partial charge is 0.317 e. The molecule has 0 aromatic rings. The molecule has 0 aliphatic heterocycles. The minimum absolute atomic E-state index is 0.0883. The van der Waals surface area contributed by atoms with Crippen LogP contribution in [0, 0.1) is 5.92 Å². The summed E-state index contributed by atoms with van der Waals surface area (Å²) in [5.41, 5.74) is 0.